The summed E-state index contributed by atoms with van der Waals surface area (Å²) in [6.45, 7) is 3.96. The Morgan fingerprint density at radius 2 is 2.09 bits per heavy atom. The van der Waals surface area contributed by atoms with Crippen LogP contribution in [-0.2, 0) is 6.61 Å². The minimum Gasteiger partial charge on any atom is -0.489 e. The molecule has 1 aromatic carbocycles. The summed E-state index contributed by atoms with van der Waals surface area (Å²) in [6, 6.07) is 9.02. The average Bonchev–Trinajstić information content (AvgIpc) is 2.80. The summed E-state index contributed by atoms with van der Waals surface area (Å²) < 4.78 is 11.2. The maximum atomic E-state index is 11.3. The van der Waals surface area contributed by atoms with Gasteiger partial charge in [-0.2, -0.15) is 0 Å². The molecule has 0 radical (unpaired) electrons. The molecular weight excluding hydrogens is 282 g/mol. The van der Waals surface area contributed by atoms with Crippen molar-refractivity contribution in [3.05, 3.63) is 59.1 Å². The van der Waals surface area contributed by atoms with E-state index in [0.717, 1.165) is 11.3 Å². The van der Waals surface area contributed by atoms with Gasteiger partial charge >= 0.3 is 5.97 Å². The Hall–Kier alpha value is -2.82. The number of hydrogen-bond donors (Lipinski definition) is 1. The molecule has 0 saturated carbocycles. The molecule has 0 amide bonds. The fourth-order valence-electron chi connectivity index (χ4n) is 2.42. The third-order valence-corrected chi connectivity index (χ3v) is 3.42. The maximum absolute atomic E-state index is 11.3. The molecule has 0 aliphatic rings. The van der Waals surface area contributed by atoms with Gasteiger partial charge in [0.05, 0.1) is 0 Å². The zero-order valence-electron chi connectivity index (χ0n) is 12.3. The van der Waals surface area contributed by atoms with Gasteiger partial charge in [-0.15, -0.1) is 0 Å². The number of carboxylic acids is 1. The Morgan fingerprint density at radius 1 is 1.27 bits per heavy atom. The van der Waals surface area contributed by atoms with Crippen molar-refractivity contribution < 1.29 is 19.1 Å². The first-order valence-electron chi connectivity index (χ1n) is 6.85. The summed E-state index contributed by atoms with van der Waals surface area (Å²) in [5.41, 5.74) is 2.66. The van der Waals surface area contributed by atoms with Gasteiger partial charge in [0.1, 0.15) is 29.3 Å². The van der Waals surface area contributed by atoms with Gasteiger partial charge < -0.3 is 14.3 Å². The first-order chi connectivity index (χ1) is 10.5. The molecule has 0 spiro atoms. The van der Waals surface area contributed by atoms with Gasteiger partial charge in [0.25, 0.3) is 0 Å². The van der Waals surface area contributed by atoms with E-state index in [0.29, 0.717) is 29.1 Å². The standard InChI is InChI=1S/C17H15NO4/c1-10-7-12(5-6-18-10)9-21-13-3-4-15-14(8-13)16(17(19)20)11(2)22-15/h3-8H,9H2,1-2H3,(H,19,20). The van der Waals surface area contributed by atoms with E-state index in [-0.39, 0.29) is 5.56 Å². The highest BCUT2D eigenvalue weighted by Gasteiger charge is 2.17. The number of aromatic nitrogens is 1. The van der Waals surface area contributed by atoms with E-state index < -0.39 is 5.97 Å². The van der Waals surface area contributed by atoms with E-state index in [1.54, 1.807) is 31.3 Å². The van der Waals surface area contributed by atoms with Crippen LogP contribution in [-0.4, -0.2) is 16.1 Å². The number of ether oxygens (including phenoxy) is 1. The van der Waals surface area contributed by atoms with Crippen molar-refractivity contribution in [2.75, 3.05) is 0 Å². The zero-order valence-corrected chi connectivity index (χ0v) is 12.3. The van der Waals surface area contributed by atoms with Gasteiger partial charge in [-0.05, 0) is 49.7 Å². The molecule has 5 heteroatoms. The van der Waals surface area contributed by atoms with Crippen LogP contribution in [0.3, 0.4) is 0 Å². The Kier molecular flexibility index (Phi) is 3.55. The Bertz CT molecular complexity index is 851. The Labute approximate surface area is 127 Å². The number of fused-ring (bicyclic) bond motifs is 1. The van der Waals surface area contributed by atoms with Gasteiger partial charge in [-0.3, -0.25) is 4.98 Å². The molecule has 0 aliphatic heterocycles. The molecule has 2 aromatic heterocycles. The molecular formula is C17H15NO4. The Morgan fingerprint density at radius 3 is 2.82 bits per heavy atom. The summed E-state index contributed by atoms with van der Waals surface area (Å²) in [5.74, 6) is -0.00664. The molecule has 0 aliphatic carbocycles. The van der Waals surface area contributed by atoms with Crippen LogP contribution in [0.1, 0.15) is 27.4 Å². The SMILES string of the molecule is Cc1cc(COc2ccc3oc(C)c(C(=O)O)c3c2)ccn1. The van der Waals surface area contributed by atoms with Crippen LogP contribution in [0.25, 0.3) is 11.0 Å². The fourth-order valence-corrected chi connectivity index (χ4v) is 2.42. The smallest absolute Gasteiger partial charge is 0.339 e. The van der Waals surface area contributed by atoms with E-state index in [1.165, 1.54) is 0 Å². The lowest BCUT2D eigenvalue weighted by molar-refractivity contribution is 0.0697. The van der Waals surface area contributed by atoms with Gasteiger partial charge in [0.2, 0.25) is 0 Å². The molecule has 3 rings (SSSR count). The molecule has 112 valence electrons. The van der Waals surface area contributed by atoms with E-state index in [9.17, 15) is 9.90 Å². The van der Waals surface area contributed by atoms with Crippen molar-refractivity contribution in [1.82, 2.24) is 4.98 Å². The molecule has 2 heterocycles. The van der Waals surface area contributed by atoms with Crippen molar-refractivity contribution in [2.45, 2.75) is 20.5 Å². The molecule has 0 saturated heterocycles. The number of carbonyl (C=O) groups is 1. The van der Waals surface area contributed by atoms with Gasteiger partial charge in [0, 0.05) is 17.3 Å². The van der Waals surface area contributed by atoms with Crippen molar-refractivity contribution in [1.29, 1.82) is 0 Å². The van der Waals surface area contributed by atoms with Crippen molar-refractivity contribution in [2.24, 2.45) is 0 Å². The topological polar surface area (TPSA) is 72.6 Å². The number of aromatic carboxylic acids is 1. The number of hydrogen-bond acceptors (Lipinski definition) is 4. The van der Waals surface area contributed by atoms with Crippen LogP contribution in [0.15, 0.2) is 40.9 Å². The lowest BCUT2D eigenvalue weighted by Crippen LogP contribution is -1.98. The summed E-state index contributed by atoms with van der Waals surface area (Å²) in [7, 11) is 0. The molecule has 0 unspecified atom stereocenters. The van der Waals surface area contributed by atoms with Crippen LogP contribution in [0.5, 0.6) is 5.75 Å². The number of pyridine rings is 1. The average molecular weight is 297 g/mol. The first-order valence-corrected chi connectivity index (χ1v) is 6.85. The summed E-state index contributed by atoms with van der Waals surface area (Å²) >= 11 is 0. The number of nitrogens with zero attached hydrogens (tertiary/aromatic N) is 1. The van der Waals surface area contributed by atoms with Crippen LogP contribution >= 0.6 is 0 Å². The maximum Gasteiger partial charge on any atom is 0.339 e. The normalized spacial score (nSPS) is 10.8. The van der Waals surface area contributed by atoms with Crippen LogP contribution < -0.4 is 4.74 Å². The van der Waals surface area contributed by atoms with E-state index in [2.05, 4.69) is 4.98 Å². The number of carboxylic acid groups (broad SMARTS) is 1. The predicted molar refractivity (Wildman–Crippen MR) is 81.2 cm³/mol. The van der Waals surface area contributed by atoms with Crippen molar-refractivity contribution >= 4 is 16.9 Å². The number of furan rings is 1. The van der Waals surface area contributed by atoms with E-state index in [4.69, 9.17) is 9.15 Å². The number of benzene rings is 1. The van der Waals surface area contributed by atoms with Crippen molar-refractivity contribution in [3.63, 3.8) is 0 Å². The Balaban J connectivity index is 1.88. The minimum absolute atomic E-state index is 0.181. The summed E-state index contributed by atoms with van der Waals surface area (Å²) in [5, 5.41) is 9.82. The number of rotatable bonds is 4. The largest absolute Gasteiger partial charge is 0.489 e. The predicted octanol–water partition coefficient (Wildman–Crippen LogP) is 3.72. The van der Waals surface area contributed by atoms with Crippen LogP contribution in [0.2, 0.25) is 0 Å². The fraction of sp³-hybridized carbons (Fsp3) is 0.176. The quantitative estimate of drug-likeness (QED) is 0.794. The molecule has 22 heavy (non-hydrogen) atoms. The molecule has 1 N–H and O–H groups in total. The molecule has 0 bridgehead atoms. The zero-order chi connectivity index (χ0) is 15.7. The second-order valence-electron chi connectivity index (χ2n) is 5.09. The minimum atomic E-state index is -1.00. The third-order valence-electron chi connectivity index (χ3n) is 3.42. The van der Waals surface area contributed by atoms with Crippen molar-refractivity contribution in [3.8, 4) is 5.75 Å². The highest BCUT2D eigenvalue weighted by molar-refractivity contribution is 6.03. The first kappa shape index (κ1) is 14.1. The highest BCUT2D eigenvalue weighted by Crippen LogP contribution is 2.29. The summed E-state index contributed by atoms with van der Waals surface area (Å²) in [6.07, 6.45) is 1.74. The van der Waals surface area contributed by atoms with Crippen LogP contribution in [0, 0.1) is 13.8 Å². The summed E-state index contributed by atoms with van der Waals surface area (Å²) in [4.78, 5) is 15.5. The van der Waals surface area contributed by atoms with E-state index >= 15 is 0 Å². The lowest BCUT2D eigenvalue weighted by atomic mass is 10.1. The number of aryl methyl sites for hydroxylation is 2. The third kappa shape index (κ3) is 2.65. The molecule has 0 fully saturated rings. The lowest BCUT2D eigenvalue weighted by Gasteiger charge is -2.06. The second-order valence-corrected chi connectivity index (χ2v) is 5.09. The monoisotopic (exact) mass is 297 g/mol. The molecule has 0 atom stereocenters. The van der Waals surface area contributed by atoms with Gasteiger partial charge in [-0.1, -0.05) is 0 Å². The van der Waals surface area contributed by atoms with Gasteiger partial charge in [0.15, 0.2) is 0 Å². The van der Waals surface area contributed by atoms with E-state index in [1.807, 2.05) is 19.1 Å². The second kappa shape index (κ2) is 5.52. The molecule has 5 nitrogen and oxygen atoms in total. The molecule has 3 aromatic rings. The van der Waals surface area contributed by atoms with Gasteiger partial charge in [-0.25, -0.2) is 4.79 Å². The van der Waals surface area contributed by atoms with Crippen LogP contribution in [0.4, 0.5) is 0 Å². The highest BCUT2D eigenvalue weighted by atomic mass is 16.5.